The molecule has 2 atom stereocenters. The maximum atomic E-state index is 13.5. The Kier molecular flexibility index (Phi) is 5.18. The van der Waals surface area contributed by atoms with E-state index in [1.165, 1.54) is 24.1 Å². The van der Waals surface area contributed by atoms with Crippen LogP contribution in [-0.2, 0) is 0 Å². The minimum Gasteiger partial charge on any atom is -0.489 e. The van der Waals surface area contributed by atoms with Gasteiger partial charge >= 0.3 is 0 Å². The van der Waals surface area contributed by atoms with Gasteiger partial charge in [0.25, 0.3) is 0 Å². The molecule has 0 bridgehead atoms. The molecule has 1 heterocycles. The Morgan fingerprint density at radius 1 is 1.08 bits per heavy atom. The number of rotatable bonds is 8. The van der Waals surface area contributed by atoms with Crippen molar-refractivity contribution in [2.24, 2.45) is 5.92 Å². The van der Waals surface area contributed by atoms with Crippen molar-refractivity contribution in [1.29, 1.82) is 0 Å². The first kappa shape index (κ1) is 17.4. The number of nitrogens with zero attached hydrogens (tertiary/aromatic N) is 1. The molecular weight excluding hydrogens is 334 g/mol. The highest BCUT2D eigenvalue weighted by molar-refractivity contribution is 5.27. The van der Waals surface area contributed by atoms with E-state index < -0.39 is 11.6 Å². The van der Waals surface area contributed by atoms with Crippen LogP contribution in [-0.4, -0.2) is 43.7 Å². The van der Waals surface area contributed by atoms with Gasteiger partial charge in [0.1, 0.15) is 12.4 Å². The molecule has 0 unspecified atom stereocenters. The average molecular weight is 358 g/mol. The van der Waals surface area contributed by atoms with Crippen LogP contribution in [0.1, 0.15) is 17.9 Å². The van der Waals surface area contributed by atoms with Crippen LogP contribution in [0.3, 0.4) is 0 Å². The van der Waals surface area contributed by atoms with Crippen LogP contribution in [0.5, 0.6) is 5.75 Å². The highest BCUT2D eigenvalue weighted by atomic mass is 19.1. The van der Waals surface area contributed by atoms with Crippen molar-refractivity contribution in [1.82, 2.24) is 10.2 Å². The first-order valence-corrected chi connectivity index (χ1v) is 9.27. The van der Waals surface area contributed by atoms with Crippen LogP contribution in [0.2, 0.25) is 0 Å². The molecule has 2 aromatic carbocycles. The van der Waals surface area contributed by atoms with Crippen molar-refractivity contribution in [3.63, 3.8) is 0 Å². The normalized spacial score (nSPS) is 22.8. The molecule has 138 valence electrons. The van der Waals surface area contributed by atoms with Crippen molar-refractivity contribution >= 4 is 0 Å². The van der Waals surface area contributed by atoms with Crippen molar-refractivity contribution < 1.29 is 13.5 Å². The lowest BCUT2D eigenvalue weighted by molar-refractivity contribution is 0.0812. The van der Waals surface area contributed by atoms with Crippen LogP contribution in [0, 0.1) is 17.6 Å². The van der Waals surface area contributed by atoms with Gasteiger partial charge in [-0.2, -0.15) is 0 Å². The zero-order valence-corrected chi connectivity index (χ0v) is 14.7. The molecule has 4 rings (SSSR count). The fourth-order valence-electron chi connectivity index (χ4n) is 3.67. The number of hydrogen-bond acceptors (Lipinski definition) is 3. The van der Waals surface area contributed by atoms with Gasteiger partial charge in [-0.25, -0.2) is 8.78 Å². The molecular formula is C21H24F2N2O. The number of nitrogens with one attached hydrogen (secondary N) is 1. The lowest BCUT2D eigenvalue weighted by Crippen LogP contribution is -2.52. The van der Waals surface area contributed by atoms with Crippen LogP contribution in [0.25, 0.3) is 0 Å². The fraction of sp³-hybridized carbons (Fsp3) is 0.429. The monoisotopic (exact) mass is 358 g/mol. The smallest absolute Gasteiger partial charge is 0.167 e. The Bertz CT molecular complexity index is 734. The summed E-state index contributed by atoms with van der Waals surface area (Å²) in [6.45, 7) is 4.33. The van der Waals surface area contributed by atoms with E-state index in [4.69, 9.17) is 4.74 Å². The Morgan fingerprint density at radius 3 is 2.65 bits per heavy atom. The highest BCUT2D eigenvalue weighted by Crippen LogP contribution is 2.40. The summed E-state index contributed by atoms with van der Waals surface area (Å²) in [6.07, 6.45) is 1.23. The second-order valence-electron chi connectivity index (χ2n) is 7.32. The summed E-state index contributed by atoms with van der Waals surface area (Å²) in [5, 5.41) is 3.68. The predicted molar refractivity (Wildman–Crippen MR) is 97.4 cm³/mol. The van der Waals surface area contributed by atoms with Gasteiger partial charge in [-0.15, -0.1) is 0 Å². The zero-order valence-electron chi connectivity index (χ0n) is 14.7. The quantitative estimate of drug-likeness (QED) is 0.783. The summed E-state index contributed by atoms with van der Waals surface area (Å²) < 4.78 is 31.7. The van der Waals surface area contributed by atoms with E-state index in [2.05, 4.69) is 40.5 Å². The second-order valence-corrected chi connectivity index (χ2v) is 7.32. The summed E-state index contributed by atoms with van der Waals surface area (Å²) in [6, 6.07) is 14.7. The minimum absolute atomic E-state index is 0.117. The summed E-state index contributed by atoms with van der Waals surface area (Å²) in [5.41, 5.74) is 1.44. The van der Waals surface area contributed by atoms with Crippen LogP contribution >= 0.6 is 0 Å². The van der Waals surface area contributed by atoms with Crippen LogP contribution < -0.4 is 10.1 Å². The topological polar surface area (TPSA) is 24.5 Å². The van der Waals surface area contributed by atoms with Gasteiger partial charge in [-0.05, 0) is 30.0 Å². The third-order valence-electron chi connectivity index (χ3n) is 5.28. The molecule has 2 aromatic rings. The Hall–Kier alpha value is -1.98. The lowest BCUT2D eigenvalue weighted by atomic mass is 10.0. The molecule has 5 heteroatoms. The molecule has 1 aliphatic heterocycles. The minimum atomic E-state index is -0.645. The van der Waals surface area contributed by atoms with Gasteiger partial charge in [0.2, 0.25) is 0 Å². The molecule has 0 aromatic heterocycles. The van der Waals surface area contributed by atoms with Crippen molar-refractivity contribution in [3.8, 4) is 5.75 Å². The SMILES string of the molecule is Fc1ccc(OCCN2CC(CN[C@@H]3C[C@H]3c3ccccc3)C2)c(F)c1. The Balaban J connectivity index is 1.09. The van der Waals surface area contributed by atoms with Gasteiger partial charge in [0.05, 0.1) is 0 Å². The molecule has 2 fully saturated rings. The van der Waals surface area contributed by atoms with Gasteiger partial charge in [0.15, 0.2) is 11.6 Å². The molecule has 1 aliphatic carbocycles. The maximum Gasteiger partial charge on any atom is 0.167 e. The van der Waals surface area contributed by atoms with Gasteiger partial charge in [-0.3, -0.25) is 4.90 Å². The second kappa shape index (κ2) is 7.72. The van der Waals surface area contributed by atoms with Crippen molar-refractivity contribution in [2.75, 3.05) is 32.8 Å². The first-order chi connectivity index (χ1) is 12.7. The van der Waals surface area contributed by atoms with E-state index in [9.17, 15) is 8.78 Å². The lowest BCUT2D eigenvalue weighted by Gasteiger charge is -2.39. The molecule has 1 saturated carbocycles. The Labute approximate surface area is 153 Å². The van der Waals surface area contributed by atoms with E-state index in [1.807, 2.05) is 0 Å². The third kappa shape index (κ3) is 4.22. The van der Waals surface area contributed by atoms with E-state index >= 15 is 0 Å². The fourth-order valence-corrected chi connectivity index (χ4v) is 3.67. The molecule has 0 radical (unpaired) electrons. The largest absolute Gasteiger partial charge is 0.489 e. The standard InChI is InChI=1S/C21H24F2N2O/c22-17-6-7-21(19(23)10-17)26-9-8-25-13-15(14-25)12-24-20-11-18(20)16-4-2-1-3-5-16/h1-7,10,15,18,20,24H,8-9,11-14H2/t18-,20+/m0/s1. The van der Waals surface area contributed by atoms with E-state index in [1.54, 1.807) is 0 Å². The number of hydrogen-bond donors (Lipinski definition) is 1. The van der Waals surface area contributed by atoms with Gasteiger partial charge < -0.3 is 10.1 Å². The maximum absolute atomic E-state index is 13.5. The van der Waals surface area contributed by atoms with E-state index in [0.29, 0.717) is 24.5 Å². The number of benzene rings is 2. The van der Waals surface area contributed by atoms with Crippen molar-refractivity contribution in [2.45, 2.75) is 18.4 Å². The van der Waals surface area contributed by atoms with Crippen LogP contribution in [0.15, 0.2) is 48.5 Å². The van der Waals surface area contributed by atoms with Crippen molar-refractivity contribution in [3.05, 3.63) is 65.7 Å². The van der Waals surface area contributed by atoms with Gasteiger partial charge in [-0.1, -0.05) is 30.3 Å². The number of halogens is 2. The molecule has 1 saturated heterocycles. The molecule has 26 heavy (non-hydrogen) atoms. The molecule has 0 amide bonds. The third-order valence-corrected chi connectivity index (χ3v) is 5.28. The number of ether oxygens (including phenoxy) is 1. The number of likely N-dealkylation sites (tertiary alicyclic amines) is 1. The molecule has 2 aliphatic rings. The van der Waals surface area contributed by atoms with E-state index in [-0.39, 0.29) is 5.75 Å². The summed E-state index contributed by atoms with van der Waals surface area (Å²) >= 11 is 0. The average Bonchev–Trinajstić information content (AvgIpc) is 3.38. The summed E-state index contributed by atoms with van der Waals surface area (Å²) in [7, 11) is 0. The van der Waals surface area contributed by atoms with E-state index in [0.717, 1.165) is 32.2 Å². The highest BCUT2D eigenvalue weighted by Gasteiger charge is 2.38. The molecule has 0 spiro atoms. The van der Waals surface area contributed by atoms with Gasteiger partial charge in [0, 0.05) is 44.2 Å². The zero-order chi connectivity index (χ0) is 17.9. The predicted octanol–water partition coefficient (Wildman–Crippen LogP) is 3.42. The molecule has 1 N–H and O–H groups in total. The van der Waals surface area contributed by atoms with Crippen LogP contribution in [0.4, 0.5) is 8.78 Å². The summed E-state index contributed by atoms with van der Waals surface area (Å²) in [4.78, 5) is 2.30. The summed E-state index contributed by atoms with van der Waals surface area (Å²) in [5.74, 6) is 0.234. The molecule has 3 nitrogen and oxygen atoms in total. The Morgan fingerprint density at radius 2 is 1.88 bits per heavy atom. The first-order valence-electron chi connectivity index (χ1n) is 9.27.